The van der Waals surface area contributed by atoms with E-state index in [1.807, 2.05) is 13.0 Å². The molecule has 23 heavy (non-hydrogen) atoms. The third kappa shape index (κ3) is 3.54. The Labute approximate surface area is 133 Å². The van der Waals surface area contributed by atoms with Gasteiger partial charge >= 0.3 is 6.18 Å². The van der Waals surface area contributed by atoms with E-state index < -0.39 is 11.7 Å². The van der Waals surface area contributed by atoms with Crippen LogP contribution < -0.4 is 0 Å². The molecule has 1 heterocycles. The Morgan fingerprint density at radius 3 is 2.39 bits per heavy atom. The molecule has 0 N–H and O–H groups in total. The average Bonchev–Trinajstić information content (AvgIpc) is 2.54. The quantitative estimate of drug-likeness (QED) is 0.728. The monoisotopic (exact) mass is 320 g/mol. The summed E-state index contributed by atoms with van der Waals surface area (Å²) in [5, 5.41) is 0. The number of hydrogen-bond donors (Lipinski definition) is 0. The highest BCUT2D eigenvalue weighted by molar-refractivity contribution is 5.61. The lowest BCUT2D eigenvalue weighted by molar-refractivity contribution is -0.137. The van der Waals surface area contributed by atoms with Crippen molar-refractivity contribution in [2.24, 2.45) is 0 Å². The minimum Gasteiger partial charge on any atom is -0.233 e. The van der Waals surface area contributed by atoms with Gasteiger partial charge < -0.3 is 0 Å². The third-order valence-electron chi connectivity index (χ3n) is 4.37. The predicted octanol–water partition coefficient (Wildman–Crippen LogP) is 5.52. The van der Waals surface area contributed by atoms with Crippen LogP contribution in [0.2, 0.25) is 0 Å². The summed E-state index contributed by atoms with van der Waals surface area (Å²) in [6, 6.07) is 7.43. The molecule has 0 spiro atoms. The number of rotatable bonds is 2. The lowest BCUT2D eigenvalue weighted by Gasteiger charge is -2.22. The maximum atomic E-state index is 13.2. The van der Waals surface area contributed by atoms with Crippen molar-refractivity contribution in [3.05, 3.63) is 47.3 Å². The van der Waals surface area contributed by atoms with Gasteiger partial charge in [-0.2, -0.15) is 13.2 Å². The molecule has 1 fully saturated rings. The summed E-state index contributed by atoms with van der Waals surface area (Å²) in [6.45, 7) is 1.81. The number of alkyl halides is 3. The van der Waals surface area contributed by atoms with Gasteiger partial charge in [-0.1, -0.05) is 37.5 Å². The summed E-state index contributed by atoms with van der Waals surface area (Å²) in [7, 11) is 0. The molecule has 1 aliphatic rings. The van der Waals surface area contributed by atoms with Crippen LogP contribution in [0.3, 0.4) is 0 Å². The van der Waals surface area contributed by atoms with E-state index in [0.29, 0.717) is 11.6 Å². The summed E-state index contributed by atoms with van der Waals surface area (Å²) in [5.74, 6) is 0.515. The standard InChI is InChI=1S/C18H19F3N2/c1-12-11-16(13-7-3-2-4-8-13)23-17(22-12)14-9-5-6-10-15(14)18(19,20)21/h5-6,9-11,13H,2-4,7-8H2,1H3. The molecule has 1 aromatic carbocycles. The molecule has 5 heteroatoms. The Hall–Kier alpha value is -1.91. The molecule has 0 unspecified atom stereocenters. The first-order chi connectivity index (χ1) is 10.9. The number of halogens is 3. The molecule has 122 valence electrons. The first-order valence-electron chi connectivity index (χ1n) is 7.97. The maximum absolute atomic E-state index is 13.2. The van der Waals surface area contributed by atoms with Crippen LogP contribution in [0.4, 0.5) is 13.2 Å². The Bertz CT molecular complexity index is 689. The van der Waals surface area contributed by atoms with Crippen molar-refractivity contribution in [1.29, 1.82) is 0 Å². The van der Waals surface area contributed by atoms with Gasteiger partial charge in [0.25, 0.3) is 0 Å². The third-order valence-corrected chi connectivity index (χ3v) is 4.37. The number of hydrogen-bond acceptors (Lipinski definition) is 2. The number of aromatic nitrogens is 2. The molecule has 2 nitrogen and oxygen atoms in total. The highest BCUT2D eigenvalue weighted by atomic mass is 19.4. The Morgan fingerprint density at radius 2 is 1.70 bits per heavy atom. The molecule has 1 saturated carbocycles. The molecule has 0 bridgehead atoms. The second kappa shape index (κ2) is 6.30. The largest absolute Gasteiger partial charge is 0.417 e. The molecule has 3 rings (SSSR count). The van der Waals surface area contributed by atoms with E-state index in [4.69, 9.17) is 0 Å². The first kappa shape index (κ1) is 16.0. The predicted molar refractivity (Wildman–Crippen MR) is 83.0 cm³/mol. The van der Waals surface area contributed by atoms with Crippen LogP contribution in [0.15, 0.2) is 30.3 Å². The Morgan fingerprint density at radius 1 is 1.00 bits per heavy atom. The Kier molecular flexibility index (Phi) is 4.37. The minimum absolute atomic E-state index is 0.0563. The average molecular weight is 320 g/mol. The van der Waals surface area contributed by atoms with Gasteiger partial charge in [0, 0.05) is 22.9 Å². The van der Waals surface area contributed by atoms with Crippen molar-refractivity contribution in [3.8, 4) is 11.4 Å². The molecule has 0 saturated heterocycles. The molecule has 0 aliphatic heterocycles. The maximum Gasteiger partial charge on any atom is 0.417 e. The van der Waals surface area contributed by atoms with Gasteiger partial charge in [0.1, 0.15) is 0 Å². The molecule has 0 amide bonds. The van der Waals surface area contributed by atoms with Crippen molar-refractivity contribution in [1.82, 2.24) is 9.97 Å². The fraction of sp³-hybridized carbons (Fsp3) is 0.444. The first-order valence-corrected chi connectivity index (χ1v) is 7.97. The molecule has 0 radical (unpaired) electrons. The fourth-order valence-corrected chi connectivity index (χ4v) is 3.25. The van der Waals surface area contributed by atoms with Crippen molar-refractivity contribution in [2.75, 3.05) is 0 Å². The SMILES string of the molecule is Cc1cc(C2CCCCC2)nc(-c2ccccc2C(F)(F)F)n1. The zero-order chi connectivity index (χ0) is 16.4. The second-order valence-corrected chi connectivity index (χ2v) is 6.14. The van der Waals surface area contributed by atoms with E-state index in [2.05, 4.69) is 9.97 Å². The van der Waals surface area contributed by atoms with Crippen LogP contribution in [0, 0.1) is 6.92 Å². The van der Waals surface area contributed by atoms with Gasteiger partial charge in [0.05, 0.1) is 5.56 Å². The van der Waals surface area contributed by atoms with Gasteiger partial charge in [0.15, 0.2) is 5.82 Å². The summed E-state index contributed by atoms with van der Waals surface area (Å²) < 4.78 is 39.7. The smallest absolute Gasteiger partial charge is 0.233 e. The highest BCUT2D eigenvalue weighted by Crippen LogP contribution is 2.37. The van der Waals surface area contributed by atoms with Crippen molar-refractivity contribution in [2.45, 2.75) is 51.1 Å². The van der Waals surface area contributed by atoms with Crippen molar-refractivity contribution >= 4 is 0 Å². The van der Waals surface area contributed by atoms with E-state index in [1.54, 1.807) is 6.07 Å². The normalized spacial score (nSPS) is 16.5. The van der Waals surface area contributed by atoms with Gasteiger partial charge in [0.2, 0.25) is 0 Å². The highest BCUT2D eigenvalue weighted by Gasteiger charge is 2.34. The molecular weight excluding hydrogens is 301 g/mol. The number of aryl methyl sites for hydroxylation is 1. The number of benzene rings is 1. The van der Waals surface area contributed by atoms with Crippen LogP contribution >= 0.6 is 0 Å². The van der Waals surface area contributed by atoms with Gasteiger partial charge in [-0.05, 0) is 31.9 Å². The zero-order valence-corrected chi connectivity index (χ0v) is 13.0. The van der Waals surface area contributed by atoms with Crippen LogP contribution in [0.1, 0.15) is 55.0 Å². The van der Waals surface area contributed by atoms with E-state index in [9.17, 15) is 13.2 Å². The molecule has 2 aromatic rings. The lowest BCUT2D eigenvalue weighted by Crippen LogP contribution is -2.11. The van der Waals surface area contributed by atoms with E-state index >= 15 is 0 Å². The summed E-state index contributed by atoms with van der Waals surface area (Å²) in [5.41, 5.74) is 0.970. The summed E-state index contributed by atoms with van der Waals surface area (Å²) in [6.07, 6.45) is 1.23. The lowest BCUT2D eigenvalue weighted by atomic mass is 9.86. The van der Waals surface area contributed by atoms with E-state index in [-0.39, 0.29) is 11.4 Å². The van der Waals surface area contributed by atoms with Gasteiger partial charge in [-0.25, -0.2) is 9.97 Å². The van der Waals surface area contributed by atoms with Crippen LogP contribution in [-0.4, -0.2) is 9.97 Å². The van der Waals surface area contributed by atoms with Crippen LogP contribution in [0.5, 0.6) is 0 Å². The number of nitrogens with zero attached hydrogens (tertiary/aromatic N) is 2. The van der Waals surface area contributed by atoms with Gasteiger partial charge in [-0.15, -0.1) is 0 Å². The molecular formula is C18H19F3N2. The fourth-order valence-electron chi connectivity index (χ4n) is 3.25. The van der Waals surface area contributed by atoms with Crippen molar-refractivity contribution in [3.63, 3.8) is 0 Å². The Balaban J connectivity index is 2.05. The topological polar surface area (TPSA) is 25.8 Å². The second-order valence-electron chi connectivity index (χ2n) is 6.14. The zero-order valence-electron chi connectivity index (χ0n) is 13.0. The van der Waals surface area contributed by atoms with Gasteiger partial charge in [-0.3, -0.25) is 0 Å². The van der Waals surface area contributed by atoms with Crippen LogP contribution in [0.25, 0.3) is 11.4 Å². The summed E-state index contributed by atoms with van der Waals surface area (Å²) in [4.78, 5) is 8.75. The van der Waals surface area contributed by atoms with E-state index in [1.165, 1.54) is 18.6 Å². The molecule has 1 aliphatic carbocycles. The van der Waals surface area contributed by atoms with Crippen LogP contribution in [-0.2, 0) is 6.18 Å². The molecule has 0 atom stereocenters. The molecule has 1 aromatic heterocycles. The van der Waals surface area contributed by atoms with Crippen molar-refractivity contribution < 1.29 is 13.2 Å². The minimum atomic E-state index is -4.41. The summed E-state index contributed by atoms with van der Waals surface area (Å²) >= 11 is 0. The van der Waals surface area contributed by atoms with E-state index in [0.717, 1.165) is 37.4 Å².